The molecule has 0 aromatic rings. The molecule has 0 aromatic carbocycles. The molecule has 0 radical (unpaired) electrons. The van der Waals surface area contributed by atoms with E-state index in [1.54, 1.807) is 0 Å². The monoisotopic (exact) mass is 297 g/mol. The van der Waals surface area contributed by atoms with Crippen molar-refractivity contribution in [2.45, 2.75) is 45.1 Å². The van der Waals surface area contributed by atoms with Crippen molar-refractivity contribution in [2.24, 2.45) is 5.92 Å². The topological polar surface area (TPSA) is 72.9 Å². The van der Waals surface area contributed by atoms with Crippen molar-refractivity contribution in [3.63, 3.8) is 0 Å². The molecule has 0 spiro atoms. The summed E-state index contributed by atoms with van der Waals surface area (Å²) in [4.78, 5) is 27.6. The molecule has 6 heteroatoms. The number of carbonyl (C=O) groups is 2. The number of piperidine rings is 2. The number of hydrogen-bond donors (Lipinski definition) is 2. The molecule has 0 bridgehead atoms. The first-order chi connectivity index (χ1) is 10.1. The van der Waals surface area contributed by atoms with Gasteiger partial charge in [0.15, 0.2) is 0 Å². The van der Waals surface area contributed by atoms with Gasteiger partial charge in [-0.1, -0.05) is 6.92 Å². The maximum absolute atomic E-state index is 12.7. The van der Waals surface area contributed by atoms with Crippen LogP contribution in [0.2, 0.25) is 0 Å². The molecule has 6 nitrogen and oxygen atoms in total. The van der Waals surface area contributed by atoms with Crippen molar-refractivity contribution in [3.05, 3.63) is 0 Å². The summed E-state index contributed by atoms with van der Waals surface area (Å²) >= 11 is 0. The van der Waals surface area contributed by atoms with E-state index in [-0.39, 0.29) is 11.9 Å². The number of aliphatic carboxylic acids is 1. The molecule has 2 rings (SSSR count). The van der Waals surface area contributed by atoms with Gasteiger partial charge in [0, 0.05) is 25.7 Å². The molecule has 0 unspecified atom stereocenters. The molecule has 120 valence electrons. The largest absolute Gasteiger partial charge is 0.481 e. The van der Waals surface area contributed by atoms with E-state index in [1.165, 1.54) is 0 Å². The summed E-state index contributed by atoms with van der Waals surface area (Å²) in [6, 6.07) is 0.434. The number of urea groups is 1. The second kappa shape index (κ2) is 7.64. The van der Waals surface area contributed by atoms with Crippen LogP contribution in [0.5, 0.6) is 0 Å². The third-order valence-electron chi connectivity index (χ3n) is 4.57. The first kappa shape index (κ1) is 16.1. The zero-order valence-corrected chi connectivity index (χ0v) is 12.9. The molecule has 0 saturated carbocycles. The van der Waals surface area contributed by atoms with Crippen LogP contribution in [0.4, 0.5) is 4.79 Å². The molecule has 2 N–H and O–H groups in total. The summed E-state index contributed by atoms with van der Waals surface area (Å²) in [5, 5.41) is 12.4. The van der Waals surface area contributed by atoms with Gasteiger partial charge in [0.25, 0.3) is 0 Å². The minimum Gasteiger partial charge on any atom is -0.481 e. The van der Waals surface area contributed by atoms with Crippen molar-refractivity contribution >= 4 is 12.0 Å². The first-order valence-corrected chi connectivity index (χ1v) is 8.12. The summed E-state index contributed by atoms with van der Waals surface area (Å²) in [6.07, 6.45) is 4.14. The van der Waals surface area contributed by atoms with Crippen molar-refractivity contribution in [1.82, 2.24) is 15.1 Å². The number of amides is 2. The van der Waals surface area contributed by atoms with E-state index < -0.39 is 5.97 Å². The van der Waals surface area contributed by atoms with Crippen LogP contribution in [-0.2, 0) is 4.79 Å². The van der Waals surface area contributed by atoms with Gasteiger partial charge in [-0.25, -0.2) is 4.79 Å². The Hall–Kier alpha value is -1.30. The Morgan fingerprint density at radius 1 is 1.19 bits per heavy atom. The van der Waals surface area contributed by atoms with Crippen LogP contribution in [-0.4, -0.2) is 65.7 Å². The Kier molecular flexibility index (Phi) is 5.85. The molecule has 2 aliphatic heterocycles. The van der Waals surface area contributed by atoms with Gasteiger partial charge >= 0.3 is 12.0 Å². The number of carboxylic acids is 1. The quantitative estimate of drug-likeness (QED) is 0.822. The minimum atomic E-state index is -0.731. The van der Waals surface area contributed by atoms with Gasteiger partial charge in [0.2, 0.25) is 0 Å². The number of carboxylic acid groups (broad SMARTS) is 1. The standard InChI is InChI=1S/C15H27N3O3/c1-2-9-18(13-3-7-16-8-4-13)15(21)17-10-5-12(6-11-17)14(19)20/h12-13,16H,2-11H2,1H3,(H,19,20). The lowest BCUT2D eigenvalue weighted by Gasteiger charge is -2.40. The Morgan fingerprint density at radius 2 is 1.81 bits per heavy atom. The highest BCUT2D eigenvalue weighted by molar-refractivity contribution is 5.76. The fourth-order valence-corrected chi connectivity index (χ4v) is 3.29. The number of rotatable bonds is 4. The molecule has 2 saturated heterocycles. The number of nitrogens with one attached hydrogen (secondary N) is 1. The second-order valence-corrected chi connectivity index (χ2v) is 6.06. The molecule has 2 aliphatic rings. The summed E-state index contributed by atoms with van der Waals surface area (Å²) in [5.74, 6) is -1.02. The van der Waals surface area contributed by atoms with Crippen LogP contribution in [0, 0.1) is 5.92 Å². The van der Waals surface area contributed by atoms with E-state index in [0.717, 1.165) is 38.9 Å². The van der Waals surface area contributed by atoms with Crippen LogP contribution in [0.25, 0.3) is 0 Å². The second-order valence-electron chi connectivity index (χ2n) is 6.06. The van der Waals surface area contributed by atoms with E-state index in [2.05, 4.69) is 12.2 Å². The van der Waals surface area contributed by atoms with Gasteiger partial charge in [0.1, 0.15) is 0 Å². The summed E-state index contributed by atoms with van der Waals surface area (Å²) in [5.41, 5.74) is 0. The summed E-state index contributed by atoms with van der Waals surface area (Å²) < 4.78 is 0. The molecule has 2 heterocycles. The van der Waals surface area contributed by atoms with Gasteiger partial charge in [0.05, 0.1) is 5.92 Å². The van der Waals surface area contributed by atoms with Crippen molar-refractivity contribution < 1.29 is 14.7 Å². The minimum absolute atomic E-state index is 0.104. The molecular weight excluding hydrogens is 270 g/mol. The number of carbonyl (C=O) groups excluding carboxylic acids is 1. The molecule has 0 aliphatic carbocycles. The Morgan fingerprint density at radius 3 is 2.33 bits per heavy atom. The predicted octanol–water partition coefficient (Wildman–Crippen LogP) is 1.37. The molecule has 2 amide bonds. The highest BCUT2D eigenvalue weighted by Crippen LogP contribution is 2.21. The van der Waals surface area contributed by atoms with Crippen LogP contribution in [0.3, 0.4) is 0 Å². The Balaban J connectivity index is 1.93. The van der Waals surface area contributed by atoms with Crippen LogP contribution >= 0.6 is 0 Å². The highest BCUT2D eigenvalue weighted by Gasteiger charge is 2.32. The van der Waals surface area contributed by atoms with Gasteiger partial charge in [-0.15, -0.1) is 0 Å². The van der Waals surface area contributed by atoms with E-state index in [0.29, 0.717) is 32.0 Å². The summed E-state index contributed by atoms with van der Waals surface area (Å²) in [6.45, 7) is 5.97. The first-order valence-electron chi connectivity index (χ1n) is 8.12. The third-order valence-corrected chi connectivity index (χ3v) is 4.57. The van der Waals surface area contributed by atoms with E-state index >= 15 is 0 Å². The zero-order chi connectivity index (χ0) is 15.2. The van der Waals surface area contributed by atoms with Crippen molar-refractivity contribution in [2.75, 3.05) is 32.7 Å². The zero-order valence-electron chi connectivity index (χ0n) is 12.9. The number of nitrogens with zero attached hydrogens (tertiary/aromatic N) is 2. The maximum Gasteiger partial charge on any atom is 0.320 e. The third kappa shape index (κ3) is 4.09. The fraction of sp³-hybridized carbons (Fsp3) is 0.867. The lowest BCUT2D eigenvalue weighted by molar-refractivity contribution is -0.143. The number of hydrogen-bond acceptors (Lipinski definition) is 3. The average molecular weight is 297 g/mol. The lowest BCUT2D eigenvalue weighted by Crippen LogP contribution is -2.53. The SMILES string of the molecule is CCCN(C(=O)N1CCC(C(=O)O)CC1)C1CCNCC1. The molecular formula is C15H27N3O3. The van der Waals surface area contributed by atoms with Crippen molar-refractivity contribution in [1.29, 1.82) is 0 Å². The number of likely N-dealkylation sites (tertiary alicyclic amines) is 1. The van der Waals surface area contributed by atoms with E-state index in [1.807, 2.05) is 9.80 Å². The highest BCUT2D eigenvalue weighted by atomic mass is 16.4. The van der Waals surface area contributed by atoms with Crippen LogP contribution < -0.4 is 5.32 Å². The molecule has 21 heavy (non-hydrogen) atoms. The Labute approximate surface area is 126 Å². The van der Waals surface area contributed by atoms with Crippen molar-refractivity contribution in [3.8, 4) is 0 Å². The normalized spacial score (nSPS) is 21.3. The van der Waals surface area contributed by atoms with E-state index in [4.69, 9.17) is 5.11 Å². The van der Waals surface area contributed by atoms with Gasteiger partial charge in [-0.2, -0.15) is 0 Å². The average Bonchev–Trinajstić information content (AvgIpc) is 2.53. The Bertz CT molecular complexity index is 361. The van der Waals surface area contributed by atoms with Gasteiger partial charge < -0.3 is 20.2 Å². The van der Waals surface area contributed by atoms with Crippen LogP contribution in [0.15, 0.2) is 0 Å². The predicted molar refractivity (Wildman–Crippen MR) is 80.2 cm³/mol. The fourth-order valence-electron chi connectivity index (χ4n) is 3.29. The molecule has 2 fully saturated rings. The molecule has 0 aromatic heterocycles. The van der Waals surface area contributed by atoms with E-state index in [9.17, 15) is 9.59 Å². The molecule has 0 atom stereocenters. The van der Waals surface area contributed by atoms with Gasteiger partial charge in [-0.05, 0) is 45.2 Å². The summed E-state index contributed by atoms with van der Waals surface area (Å²) in [7, 11) is 0. The lowest BCUT2D eigenvalue weighted by atomic mass is 9.97. The van der Waals surface area contributed by atoms with Gasteiger partial charge in [-0.3, -0.25) is 4.79 Å². The smallest absolute Gasteiger partial charge is 0.320 e. The van der Waals surface area contributed by atoms with Crippen LogP contribution in [0.1, 0.15) is 39.0 Å². The maximum atomic E-state index is 12.7.